The molecule has 9 heteroatoms. The number of amides is 1. The van der Waals surface area contributed by atoms with E-state index in [1.54, 1.807) is 13.4 Å². The summed E-state index contributed by atoms with van der Waals surface area (Å²) in [6, 6.07) is 4.02. The van der Waals surface area contributed by atoms with Gasteiger partial charge in [0.15, 0.2) is 0 Å². The first-order chi connectivity index (χ1) is 13.4. The number of hydrogen-bond acceptors (Lipinski definition) is 4. The van der Waals surface area contributed by atoms with E-state index in [-0.39, 0.29) is 16.8 Å². The molecule has 1 aliphatic carbocycles. The van der Waals surface area contributed by atoms with Crippen LogP contribution < -0.4 is 11.1 Å². The lowest BCUT2D eigenvalue weighted by atomic mass is 9.97. The van der Waals surface area contributed by atoms with Crippen molar-refractivity contribution in [3.63, 3.8) is 0 Å². The van der Waals surface area contributed by atoms with Gasteiger partial charge in [-0.15, -0.1) is 0 Å². The van der Waals surface area contributed by atoms with Crippen molar-refractivity contribution in [2.45, 2.75) is 31.1 Å². The molecule has 2 unspecified atom stereocenters. The lowest BCUT2D eigenvalue weighted by Gasteiger charge is -2.11. The van der Waals surface area contributed by atoms with Crippen molar-refractivity contribution in [3.8, 4) is 0 Å². The summed E-state index contributed by atoms with van der Waals surface area (Å²) in [7, 11) is 1.71. The predicted molar refractivity (Wildman–Crippen MR) is 105 cm³/mol. The number of rotatable bonds is 4. The van der Waals surface area contributed by atoms with E-state index in [1.165, 1.54) is 22.9 Å². The fraction of sp³-hybridized carbons (Fsp3) is 0.316. The number of aryl methyl sites for hydroxylation is 1. The number of anilines is 2. The van der Waals surface area contributed by atoms with Gasteiger partial charge in [0.1, 0.15) is 17.2 Å². The van der Waals surface area contributed by atoms with Crippen LogP contribution in [0.3, 0.4) is 0 Å². The minimum atomic E-state index is -0.545. The van der Waals surface area contributed by atoms with Crippen molar-refractivity contribution in [2.75, 3.05) is 11.1 Å². The van der Waals surface area contributed by atoms with Crippen molar-refractivity contribution in [1.82, 2.24) is 19.7 Å². The van der Waals surface area contributed by atoms with Gasteiger partial charge >= 0.3 is 0 Å². The Kier molecular flexibility index (Phi) is 4.80. The minimum Gasteiger partial charge on any atom is -0.383 e. The highest BCUT2D eigenvalue weighted by molar-refractivity contribution is 6.31. The molecule has 2 heterocycles. The van der Waals surface area contributed by atoms with E-state index in [1.807, 2.05) is 6.20 Å². The molecule has 28 heavy (non-hydrogen) atoms. The Morgan fingerprint density at radius 3 is 2.89 bits per heavy atom. The highest BCUT2D eigenvalue weighted by Crippen LogP contribution is 2.44. The summed E-state index contributed by atoms with van der Waals surface area (Å²) in [6.45, 7) is 0. The molecular weight excluding hydrogens is 383 g/mol. The van der Waals surface area contributed by atoms with E-state index in [9.17, 15) is 9.18 Å². The number of nitrogens with zero attached hydrogens (tertiary/aromatic N) is 3. The molecule has 2 atom stereocenters. The van der Waals surface area contributed by atoms with Crippen LogP contribution in [0.2, 0.25) is 5.02 Å². The Morgan fingerprint density at radius 1 is 1.39 bits per heavy atom. The number of imidazole rings is 1. The van der Waals surface area contributed by atoms with Crippen molar-refractivity contribution >= 4 is 29.0 Å². The maximum absolute atomic E-state index is 13.4. The summed E-state index contributed by atoms with van der Waals surface area (Å²) < 4.78 is 14.9. The van der Waals surface area contributed by atoms with Crippen LogP contribution in [0.4, 0.5) is 15.9 Å². The predicted octanol–water partition coefficient (Wildman–Crippen LogP) is 3.82. The zero-order valence-electron chi connectivity index (χ0n) is 15.2. The number of hydrogen-bond donors (Lipinski definition) is 3. The summed E-state index contributed by atoms with van der Waals surface area (Å²) in [6.07, 6.45) is 6.31. The molecule has 146 valence electrons. The Hall–Kier alpha value is -2.87. The van der Waals surface area contributed by atoms with E-state index < -0.39 is 5.82 Å². The summed E-state index contributed by atoms with van der Waals surface area (Å²) in [4.78, 5) is 20.3. The van der Waals surface area contributed by atoms with Gasteiger partial charge in [0.05, 0.1) is 22.7 Å². The van der Waals surface area contributed by atoms with E-state index in [0.29, 0.717) is 28.7 Å². The van der Waals surface area contributed by atoms with E-state index in [4.69, 9.17) is 17.3 Å². The van der Waals surface area contributed by atoms with Crippen molar-refractivity contribution < 1.29 is 9.18 Å². The number of aromatic nitrogens is 4. The second-order valence-electron chi connectivity index (χ2n) is 7.05. The highest BCUT2D eigenvalue weighted by Gasteiger charge is 2.34. The molecule has 1 aromatic carbocycles. The maximum Gasteiger partial charge on any atom is 0.261 e. The van der Waals surface area contributed by atoms with Gasteiger partial charge < -0.3 is 16.0 Å². The Balaban J connectivity index is 1.59. The molecule has 7 nitrogen and oxygen atoms in total. The average molecular weight is 403 g/mol. The van der Waals surface area contributed by atoms with Crippen LogP contribution in [-0.4, -0.2) is 25.7 Å². The molecule has 0 spiro atoms. The Bertz CT molecular complexity index is 1020. The fourth-order valence-corrected chi connectivity index (χ4v) is 4.02. The number of aromatic amines is 1. The monoisotopic (exact) mass is 402 g/mol. The third-order valence-electron chi connectivity index (χ3n) is 5.28. The second kappa shape index (κ2) is 7.27. The lowest BCUT2D eigenvalue weighted by molar-refractivity contribution is 0.102. The lowest BCUT2D eigenvalue weighted by Crippen LogP contribution is -2.16. The van der Waals surface area contributed by atoms with Crippen LogP contribution in [0.15, 0.2) is 30.7 Å². The molecule has 1 fully saturated rings. The Labute approximate surface area is 166 Å². The largest absolute Gasteiger partial charge is 0.383 e. The number of benzene rings is 1. The van der Waals surface area contributed by atoms with Gasteiger partial charge in [-0.3, -0.25) is 9.48 Å². The van der Waals surface area contributed by atoms with Crippen LogP contribution in [-0.2, 0) is 7.05 Å². The molecule has 4 N–H and O–H groups in total. The van der Waals surface area contributed by atoms with Crippen LogP contribution in [0.5, 0.6) is 0 Å². The first kappa shape index (κ1) is 18.5. The summed E-state index contributed by atoms with van der Waals surface area (Å²) >= 11 is 5.80. The summed E-state index contributed by atoms with van der Waals surface area (Å²) in [5.74, 6) is -0.193. The third kappa shape index (κ3) is 3.35. The molecule has 1 aliphatic rings. The zero-order valence-corrected chi connectivity index (χ0v) is 16.0. The number of H-pyrrole nitrogens is 1. The number of nitrogens with one attached hydrogen (secondary N) is 2. The molecule has 2 aromatic heterocycles. The average Bonchev–Trinajstić information content (AvgIpc) is 3.39. The highest BCUT2D eigenvalue weighted by atomic mass is 35.5. The third-order valence-corrected chi connectivity index (χ3v) is 5.57. The molecule has 1 saturated carbocycles. The van der Waals surface area contributed by atoms with Gasteiger partial charge in [-0.25, -0.2) is 9.37 Å². The number of carbonyl (C=O) groups is 1. The normalized spacial score (nSPS) is 19.1. The smallest absolute Gasteiger partial charge is 0.261 e. The number of halogens is 2. The van der Waals surface area contributed by atoms with Crippen molar-refractivity contribution in [3.05, 3.63) is 58.5 Å². The summed E-state index contributed by atoms with van der Waals surface area (Å²) in [5.41, 5.74) is 8.61. The van der Waals surface area contributed by atoms with E-state index >= 15 is 0 Å². The van der Waals surface area contributed by atoms with Gasteiger partial charge in [0.25, 0.3) is 5.91 Å². The van der Waals surface area contributed by atoms with E-state index in [0.717, 1.165) is 25.0 Å². The van der Waals surface area contributed by atoms with Crippen LogP contribution in [0, 0.1) is 5.82 Å². The van der Waals surface area contributed by atoms with Crippen molar-refractivity contribution in [2.24, 2.45) is 7.05 Å². The van der Waals surface area contributed by atoms with Gasteiger partial charge in [0, 0.05) is 30.8 Å². The van der Waals surface area contributed by atoms with Gasteiger partial charge in [-0.2, -0.15) is 5.10 Å². The van der Waals surface area contributed by atoms with Gasteiger partial charge in [-0.1, -0.05) is 11.6 Å². The molecule has 0 aliphatic heterocycles. The van der Waals surface area contributed by atoms with Crippen LogP contribution in [0.25, 0.3) is 0 Å². The second-order valence-corrected chi connectivity index (χ2v) is 7.46. The molecule has 1 amide bonds. The van der Waals surface area contributed by atoms with Gasteiger partial charge in [-0.05, 0) is 37.5 Å². The molecule has 0 bridgehead atoms. The van der Waals surface area contributed by atoms with Crippen LogP contribution >= 0.6 is 11.6 Å². The molecule has 3 aromatic rings. The number of nitrogen functional groups attached to an aromatic ring is 1. The van der Waals surface area contributed by atoms with E-state index in [2.05, 4.69) is 20.4 Å². The zero-order chi connectivity index (χ0) is 19.8. The summed E-state index contributed by atoms with van der Waals surface area (Å²) in [5, 5.41) is 7.20. The number of carbonyl (C=O) groups excluding carboxylic acids is 1. The van der Waals surface area contributed by atoms with Gasteiger partial charge in [0.2, 0.25) is 0 Å². The topological polar surface area (TPSA) is 102 Å². The Morgan fingerprint density at radius 2 is 2.18 bits per heavy atom. The molecular formula is C19H20ClFN6O. The minimum absolute atomic E-state index is 0.0604. The van der Waals surface area contributed by atoms with Crippen LogP contribution in [0.1, 0.15) is 52.8 Å². The quantitative estimate of drug-likeness (QED) is 0.617. The SMILES string of the molecule is Cn1nc(C2CCC(c3c[nH]cn3)C2)c(C(=O)Nc2ccc(F)c(Cl)c2)c1N. The standard InChI is InChI=1S/C19H20ClFN6O/c1-27-18(22)16(19(28)25-12-4-5-14(21)13(20)7-12)17(26-27)11-3-2-10(6-11)15-8-23-9-24-15/h4-5,7-11H,2-3,6,22H2,1H3,(H,23,24)(H,25,28). The fourth-order valence-electron chi connectivity index (χ4n) is 3.84. The number of nitrogens with two attached hydrogens (primary N) is 1. The van der Waals surface area contributed by atoms with Crippen molar-refractivity contribution in [1.29, 1.82) is 0 Å². The molecule has 4 rings (SSSR count). The maximum atomic E-state index is 13.4. The first-order valence-corrected chi connectivity index (χ1v) is 9.39. The molecule has 0 saturated heterocycles. The first-order valence-electron chi connectivity index (χ1n) is 9.01. The molecule has 0 radical (unpaired) electrons.